The summed E-state index contributed by atoms with van der Waals surface area (Å²) in [5.41, 5.74) is 0.909. The highest BCUT2D eigenvalue weighted by molar-refractivity contribution is 5.93. The lowest BCUT2D eigenvalue weighted by molar-refractivity contribution is 0.0697. The van der Waals surface area contributed by atoms with Gasteiger partial charge in [0.25, 0.3) is 0 Å². The summed E-state index contributed by atoms with van der Waals surface area (Å²) in [6, 6.07) is 1.84. The van der Waals surface area contributed by atoms with Gasteiger partial charge in [0.2, 0.25) is 0 Å². The third-order valence-corrected chi connectivity index (χ3v) is 3.36. The lowest BCUT2D eigenvalue weighted by Gasteiger charge is -2.33. The number of likely N-dealkylation sites (tertiary alicyclic amines) is 1. The predicted molar refractivity (Wildman–Crippen MR) is 70.0 cm³/mol. The van der Waals surface area contributed by atoms with Gasteiger partial charge in [-0.2, -0.15) is 0 Å². The standard InChI is InChI=1S/C13H19N3O2/c1-2-16-7-3-4-10(9-16)15-12-8-14-6-5-11(12)13(17)18/h5-6,8,10,15H,2-4,7,9H2,1H3,(H,17,18). The average Bonchev–Trinajstić information content (AvgIpc) is 2.39. The van der Waals surface area contributed by atoms with E-state index in [4.69, 9.17) is 5.11 Å². The maximum absolute atomic E-state index is 11.1. The van der Waals surface area contributed by atoms with Crippen molar-refractivity contribution in [3.8, 4) is 0 Å². The van der Waals surface area contributed by atoms with Crippen LogP contribution < -0.4 is 5.32 Å². The number of piperidine rings is 1. The summed E-state index contributed by atoms with van der Waals surface area (Å²) in [5.74, 6) is -0.914. The van der Waals surface area contributed by atoms with Crippen LogP contribution in [0.4, 0.5) is 5.69 Å². The fourth-order valence-corrected chi connectivity index (χ4v) is 2.38. The second-order valence-corrected chi connectivity index (χ2v) is 4.60. The van der Waals surface area contributed by atoms with Crippen molar-refractivity contribution in [2.45, 2.75) is 25.8 Å². The Balaban J connectivity index is 2.07. The summed E-state index contributed by atoms with van der Waals surface area (Å²) in [4.78, 5) is 17.5. The molecule has 1 saturated heterocycles. The number of rotatable bonds is 4. The van der Waals surface area contributed by atoms with E-state index in [0.29, 0.717) is 17.3 Å². The number of aromatic carboxylic acids is 1. The Labute approximate surface area is 107 Å². The van der Waals surface area contributed by atoms with E-state index in [1.807, 2.05) is 0 Å². The monoisotopic (exact) mass is 249 g/mol. The van der Waals surface area contributed by atoms with Gasteiger partial charge in [0, 0.05) is 18.8 Å². The molecule has 1 unspecified atom stereocenters. The molecule has 2 heterocycles. The topological polar surface area (TPSA) is 65.5 Å². The van der Waals surface area contributed by atoms with Crippen molar-refractivity contribution >= 4 is 11.7 Å². The molecule has 0 amide bonds. The van der Waals surface area contributed by atoms with Crippen molar-refractivity contribution < 1.29 is 9.90 Å². The number of pyridine rings is 1. The number of hydrogen-bond acceptors (Lipinski definition) is 4. The number of likely N-dealkylation sites (N-methyl/N-ethyl adjacent to an activating group) is 1. The summed E-state index contributed by atoms with van der Waals surface area (Å²) < 4.78 is 0. The summed E-state index contributed by atoms with van der Waals surface area (Å²) in [5, 5.41) is 12.4. The minimum absolute atomic E-state index is 0.290. The van der Waals surface area contributed by atoms with Crippen molar-refractivity contribution in [1.29, 1.82) is 0 Å². The molecular weight excluding hydrogens is 230 g/mol. The molecule has 0 aromatic carbocycles. The first-order chi connectivity index (χ1) is 8.70. The van der Waals surface area contributed by atoms with Crippen molar-refractivity contribution in [3.05, 3.63) is 24.0 Å². The van der Waals surface area contributed by atoms with Crippen LogP contribution in [0.3, 0.4) is 0 Å². The molecular formula is C13H19N3O2. The fourth-order valence-electron chi connectivity index (χ4n) is 2.38. The summed E-state index contributed by atoms with van der Waals surface area (Å²) >= 11 is 0. The zero-order chi connectivity index (χ0) is 13.0. The number of carboxylic acids is 1. The molecule has 0 radical (unpaired) electrons. The highest BCUT2D eigenvalue weighted by Crippen LogP contribution is 2.18. The van der Waals surface area contributed by atoms with E-state index >= 15 is 0 Å². The van der Waals surface area contributed by atoms with Crippen LogP contribution in [0.15, 0.2) is 18.5 Å². The minimum atomic E-state index is -0.914. The summed E-state index contributed by atoms with van der Waals surface area (Å²) in [6.07, 6.45) is 5.32. The van der Waals surface area contributed by atoms with Crippen LogP contribution in [-0.2, 0) is 0 Å². The Hall–Kier alpha value is -1.62. The number of nitrogens with one attached hydrogen (secondary N) is 1. The smallest absolute Gasteiger partial charge is 0.337 e. The Morgan fingerprint density at radius 2 is 2.50 bits per heavy atom. The molecule has 1 aliphatic rings. The Bertz CT molecular complexity index is 422. The number of nitrogens with zero attached hydrogens (tertiary/aromatic N) is 2. The van der Waals surface area contributed by atoms with E-state index in [1.165, 1.54) is 12.3 Å². The van der Waals surface area contributed by atoms with Crippen molar-refractivity contribution in [2.24, 2.45) is 0 Å². The molecule has 1 aliphatic heterocycles. The van der Waals surface area contributed by atoms with Gasteiger partial charge >= 0.3 is 5.97 Å². The molecule has 2 N–H and O–H groups in total. The summed E-state index contributed by atoms with van der Waals surface area (Å²) in [6.45, 7) is 5.28. The SMILES string of the molecule is CCN1CCCC(Nc2cnccc2C(=O)O)C1. The Morgan fingerprint density at radius 3 is 3.22 bits per heavy atom. The molecule has 1 aromatic heterocycles. The van der Waals surface area contributed by atoms with E-state index in [2.05, 4.69) is 22.1 Å². The molecule has 1 atom stereocenters. The largest absolute Gasteiger partial charge is 0.478 e. The van der Waals surface area contributed by atoms with Crippen molar-refractivity contribution in [2.75, 3.05) is 25.0 Å². The van der Waals surface area contributed by atoms with Gasteiger partial charge in [-0.1, -0.05) is 6.92 Å². The number of anilines is 1. The molecule has 5 nitrogen and oxygen atoms in total. The Kier molecular flexibility index (Phi) is 4.15. The van der Waals surface area contributed by atoms with Crippen molar-refractivity contribution in [1.82, 2.24) is 9.88 Å². The maximum atomic E-state index is 11.1. The molecule has 0 bridgehead atoms. The first-order valence-corrected chi connectivity index (χ1v) is 6.37. The normalized spacial score (nSPS) is 20.6. The molecule has 2 rings (SSSR count). The highest BCUT2D eigenvalue weighted by Gasteiger charge is 2.20. The van der Waals surface area contributed by atoms with E-state index in [1.54, 1.807) is 6.20 Å². The van der Waals surface area contributed by atoms with Gasteiger partial charge in [-0.25, -0.2) is 4.79 Å². The zero-order valence-corrected chi connectivity index (χ0v) is 10.6. The van der Waals surface area contributed by atoms with Crippen LogP contribution in [0.1, 0.15) is 30.1 Å². The lowest BCUT2D eigenvalue weighted by Crippen LogP contribution is -2.42. The zero-order valence-electron chi connectivity index (χ0n) is 10.6. The third kappa shape index (κ3) is 2.98. The van der Waals surface area contributed by atoms with Gasteiger partial charge in [0.05, 0.1) is 17.4 Å². The van der Waals surface area contributed by atoms with Gasteiger partial charge in [-0.05, 0) is 32.0 Å². The quantitative estimate of drug-likeness (QED) is 0.850. The number of hydrogen-bond donors (Lipinski definition) is 2. The molecule has 1 fully saturated rings. The molecule has 18 heavy (non-hydrogen) atoms. The van der Waals surface area contributed by atoms with Gasteiger partial charge in [0.1, 0.15) is 0 Å². The number of carboxylic acid groups (broad SMARTS) is 1. The highest BCUT2D eigenvalue weighted by atomic mass is 16.4. The second kappa shape index (κ2) is 5.82. The molecule has 0 saturated carbocycles. The van der Waals surface area contributed by atoms with Crippen molar-refractivity contribution in [3.63, 3.8) is 0 Å². The van der Waals surface area contributed by atoms with E-state index < -0.39 is 5.97 Å². The van der Waals surface area contributed by atoms with Crippen LogP contribution in [-0.4, -0.2) is 46.6 Å². The van der Waals surface area contributed by atoms with Crippen LogP contribution in [0, 0.1) is 0 Å². The number of carbonyl (C=O) groups is 1. The van der Waals surface area contributed by atoms with Gasteiger partial charge in [0.15, 0.2) is 0 Å². The Morgan fingerprint density at radius 1 is 1.67 bits per heavy atom. The maximum Gasteiger partial charge on any atom is 0.337 e. The van der Waals surface area contributed by atoms with Gasteiger partial charge < -0.3 is 15.3 Å². The van der Waals surface area contributed by atoms with Crippen LogP contribution >= 0.6 is 0 Å². The van der Waals surface area contributed by atoms with E-state index in [0.717, 1.165) is 32.5 Å². The summed E-state index contributed by atoms with van der Waals surface area (Å²) in [7, 11) is 0. The molecule has 98 valence electrons. The number of aromatic nitrogens is 1. The molecule has 5 heteroatoms. The van der Waals surface area contributed by atoms with Crippen LogP contribution in [0.5, 0.6) is 0 Å². The van der Waals surface area contributed by atoms with Crippen LogP contribution in [0.2, 0.25) is 0 Å². The molecule has 0 aliphatic carbocycles. The predicted octanol–water partition coefficient (Wildman–Crippen LogP) is 1.68. The average molecular weight is 249 g/mol. The van der Waals surface area contributed by atoms with Gasteiger partial charge in [-0.3, -0.25) is 4.98 Å². The lowest BCUT2D eigenvalue weighted by atomic mass is 10.0. The first kappa shape index (κ1) is 12.8. The van der Waals surface area contributed by atoms with Gasteiger partial charge in [-0.15, -0.1) is 0 Å². The first-order valence-electron chi connectivity index (χ1n) is 6.37. The van der Waals surface area contributed by atoms with E-state index in [9.17, 15) is 4.79 Å². The molecule has 1 aromatic rings. The van der Waals surface area contributed by atoms with Crippen LogP contribution in [0.25, 0.3) is 0 Å². The minimum Gasteiger partial charge on any atom is -0.478 e. The molecule has 0 spiro atoms. The van der Waals surface area contributed by atoms with E-state index in [-0.39, 0.29) is 0 Å². The fraction of sp³-hybridized carbons (Fsp3) is 0.538. The second-order valence-electron chi connectivity index (χ2n) is 4.60. The third-order valence-electron chi connectivity index (χ3n) is 3.36.